The van der Waals surface area contributed by atoms with Crippen LogP contribution in [0.15, 0.2) is 30.4 Å². The maximum absolute atomic E-state index is 14.4. The van der Waals surface area contributed by atoms with Crippen LogP contribution in [-0.4, -0.2) is 81.6 Å². The third kappa shape index (κ3) is 8.88. The van der Waals surface area contributed by atoms with E-state index in [1.165, 1.54) is 6.92 Å². The fraction of sp³-hybridized carbons (Fsp3) is 0.622. The first kappa shape index (κ1) is 40.3. The van der Waals surface area contributed by atoms with Gasteiger partial charge in [0.05, 0.1) is 28.7 Å². The van der Waals surface area contributed by atoms with E-state index in [0.29, 0.717) is 38.5 Å². The van der Waals surface area contributed by atoms with Gasteiger partial charge in [-0.3, -0.25) is 23.9 Å². The van der Waals surface area contributed by atoms with Crippen molar-refractivity contribution in [1.82, 2.24) is 24.9 Å². The van der Waals surface area contributed by atoms with Crippen LogP contribution in [0.3, 0.4) is 0 Å². The van der Waals surface area contributed by atoms with Crippen molar-refractivity contribution in [1.29, 1.82) is 0 Å². The van der Waals surface area contributed by atoms with Crippen LogP contribution in [0, 0.1) is 17.7 Å². The van der Waals surface area contributed by atoms with Crippen molar-refractivity contribution in [2.75, 3.05) is 6.54 Å². The van der Waals surface area contributed by atoms with Crippen LogP contribution in [0.2, 0.25) is 0 Å². The summed E-state index contributed by atoms with van der Waals surface area (Å²) in [6, 6.07) is 1.45. The summed E-state index contributed by atoms with van der Waals surface area (Å²) in [5, 5.41) is 2.70. The molecule has 300 valence electrons. The number of amides is 3. The Morgan fingerprint density at radius 1 is 1.07 bits per heavy atom. The molecule has 0 bridgehead atoms. The van der Waals surface area contributed by atoms with Gasteiger partial charge in [0.2, 0.25) is 33.4 Å². The molecule has 6 rings (SSSR count). The van der Waals surface area contributed by atoms with E-state index in [-0.39, 0.29) is 36.7 Å². The third-order valence-corrected chi connectivity index (χ3v) is 12.7. The summed E-state index contributed by atoms with van der Waals surface area (Å²) < 4.78 is 95.3. The molecule has 2 saturated carbocycles. The van der Waals surface area contributed by atoms with Gasteiger partial charge in [0.1, 0.15) is 29.1 Å². The second-order valence-corrected chi connectivity index (χ2v) is 18.4. The molecule has 2 N–H and O–H groups in total. The van der Waals surface area contributed by atoms with Crippen LogP contribution in [-0.2, 0) is 40.1 Å². The van der Waals surface area contributed by atoms with E-state index in [1.54, 1.807) is 26.8 Å². The number of benzene rings is 1. The van der Waals surface area contributed by atoms with E-state index in [0.717, 1.165) is 23.1 Å². The lowest BCUT2D eigenvalue weighted by Crippen LogP contribution is -2.57. The minimum atomic E-state index is -5.05. The van der Waals surface area contributed by atoms with Gasteiger partial charge in [0.15, 0.2) is 0 Å². The third-order valence-electron chi connectivity index (χ3n) is 10.6. The summed E-state index contributed by atoms with van der Waals surface area (Å²) in [7, 11) is -4.10. The minimum absolute atomic E-state index is 0.0629. The molecule has 55 heavy (non-hydrogen) atoms. The van der Waals surface area contributed by atoms with E-state index < -0.39 is 104 Å². The van der Waals surface area contributed by atoms with E-state index in [4.69, 9.17) is 9.47 Å². The van der Waals surface area contributed by atoms with E-state index in [1.807, 2.05) is 6.08 Å². The molecule has 13 nitrogen and oxygen atoms in total. The Bertz CT molecular complexity index is 2020. The summed E-state index contributed by atoms with van der Waals surface area (Å²) >= 11 is 0. The maximum Gasteiger partial charge on any atom is 0.438 e. The molecular weight excluding hydrogens is 750 g/mol. The van der Waals surface area contributed by atoms with Gasteiger partial charge >= 0.3 is 12.1 Å². The number of sulfonamides is 1. The number of esters is 1. The Kier molecular flexibility index (Phi) is 10.7. The lowest BCUT2D eigenvalue weighted by Gasteiger charge is -2.30. The topological polar surface area (TPSA) is 174 Å². The maximum atomic E-state index is 14.4. The predicted octanol–water partition coefficient (Wildman–Crippen LogP) is 4.88. The molecule has 5 atom stereocenters. The fourth-order valence-corrected chi connectivity index (χ4v) is 8.41. The van der Waals surface area contributed by atoms with Gasteiger partial charge in [-0.15, -0.1) is 0 Å². The van der Waals surface area contributed by atoms with E-state index >= 15 is 0 Å². The van der Waals surface area contributed by atoms with Crippen LogP contribution >= 0.6 is 0 Å². The molecule has 0 unspecified atom stereocenters. The number of halogens is 4. The lowest BCUT2D eigenvalue weighted by molar-refractivity contribution is -0.159. The van der Waals surface area contributed by atoms with E-state index in [9.17, 15) is 45.2 Å². The monoisotopic (exact) mass is 795 g/mol. The zero-order valence-electron chi connectivity index (χ0n) is 31.0. The number of carbonyl (C=O) groups is 4. The van der Waals surface area contributed by atoms with Crippen LogP contribution in [0.5, 0.6) is 5.88 Å². The molecule has 3 amide bonds. The number of hydrogen-bond donors (Lipinski definition) is 2. The summed E-state index contributed by atoms with van der Waals surface area (Å²) in [4.78, 5) is 64.2. The molecule has 0 spiro atoms. The molecule has 2 aliphatic heterocycles. The van der Waals surface area contributed by atoms with Crippen molar-refractivity contribution >= 4 is 44.7 Å². The minimum Gasteiger partial charge on any atom is -0.471 e. The molecule has 18 heteroatoms. The highest BCUT2D eigenvalue weighted by Crippen LogP contribution is 2.48. The molecule has 1 aromatic heterocycles. The number of alkyl halides is 3. The Labute approximate surface area is 316 Å². The molecule has 3 heterocycles. The zero-order chi connectivity index (χ0) is 40.1. The molecule has 1 aromatic carbocycles. The highest BCUT2D eigenvalue weighted by atomic mass is 32.2. The fourth-order valence-electron chi connectivity index (χ4n) is 7.10. The van der Waals surface area contributed by atoms with Crippen LogP contribution in [0.25, 0.3) is 11.0 Å². The number of hydrogen-bond acceptors (Lipinski definition) is 10. The summed E-state index contributed by atoms with van der Waals surface area (Å²) in [5.41, 5.74) is -4.51. The highest BCUT2D eigenvalue weighted by Gasteiger charge is 2.63. The molecule has 3 fully saturated rings. The highest BCUT2D eigenvalue weighted by molar-refractivity contribution is 7.91. The van der Waals surface area contributed by atoms with Crippen molar-refractivity contribution in [2.45, 2.75) is 126 Å². The molecule has 2 aromatic rings. The Morgan fingerprint density at radius 3 is 2.47 bits per heavy atom. The molecule has 4 aliphatic rings. The van der Waals surface area contributed by atoms with Gasteiger partial charge < -0.3 is 19.7 Å². The molecule has 0 radical (unpaired) electrons. The lowest BCUT2D eigenvalue weighted by atomic mass is 9.95. The number of aromatic nitrogens is 2. The number of allylic oxidation sites excluding steroid dienone is 1. The van der Waals surface area contributed by atoms with Gasteiger partial charge in [-0.25, -0.2) is 22.8 Å². The zero-order valence-corrected chi connectivity index (χ0v) is 31.8. The number of nitrogens with zero attached hydrogens (tertiary/aromatic N) is 3. The van der Waals surface area contributed by atoms with Gasteiger partial charge in [-0.05, 0) is 78.4 Å². The largest absolute Gasteiger partial charge is 0.471 e. The average Bonchev–Trinajstić information content (AvgIpc) is 3.95. The summed E-state index contributed by atoms with van der Waals surface area (Å²) in [6.07, 6.45) is 0.0992. The van der Waals surface area contributed by atoms with Crippen molar-refractivity contribution in [3.8, 4) is 5.88 Å². The van der Waals surface area contributed by atoms with Crippen molar-refractivity contribution in [3.63, 3.8) is 0 Å². The van der Waals surface area contributed by atoms with E-state index in [2.05, 4.69) is 20.0 Å². The van der Waals surface area contributed by atoms with Gasteiger partial charge in [-0.2, -0.15) is 13.2 Å². The van der Waals surface area contributed by atoms with Gasteiger partial charge in [0.25, 0.3) is 5.91 Å². The number of carbonyl (C=O) groups excluding carboxylic acids is 4. The average molecular weight is 796 g/mol. The van der Waals surface area contributed by atoms with Crippen molar-refractivity contribution in [3.05, 3.63) is 41.9 Å². The molecule has 2 aliphatic carbocycles. The molecular formula is C37H45F4N5O8S. The Morgan fingerprint density at radius 2 is 1.80 bits per heavy atom. The quantitative estimate of drug-likeness (QED) is 0.224. The second-order valence-electron chi connectivity index (χ2n) is 16.2. The number of nitrogens with one attached hydrogen (secondary N) is 2. The second kappa shape index (κ2) is 14.6. The van der Waals surface area contributed by atoms with Gasteiger partial charge in [-0.1, -0.05) is 25.0 Å². The first-order chi connectivity index (χ1) is 25.6. The first-order valence-corrected chi connectivity index (χ1v) is 19.9. The first-order valence-electron chi connectivity index (χ1n) is 18.4. The Balaban J connectivity index is 1.34. The number of ether oxygens (including phenoxy) is 2. The number of rotatable bonds is 7. The standard InChI is InChI=1S/C37H45F4N5O8S/c1-34(2,3)54-28(47)16-21-10-8-6-5-7-9-11-22-19-36(22,33(50)45-55(51,52)35(4)14-15-35)44-30(48)27-18-24(20-46(27)32(21)49)53-31-29(37(39,40)41)42-25-13-12-23(38)17-26(25)43-31/h9,11-13,17,21-22,24,27H,5-8,10,14-16,18-20H2,1-4H3,(H,44,48)(H,45,50)/b11-9-/t21-,22-,24-,27+,36-/m1/s1. The van der Waals surface area contributed by atoms with Crippen LogP contribution in [0.4, 0.5) is 17.6 Å². The summed E-state index contributed by atoms with van der Waals surface area (Å²) in [5.74, 6) is -6.43. The summed E-state index contributed by atoms with van der Waals surface area (Å²) in [6.45, 7) is 6.11. The van der Waals surface area contributed by atoms with Crippen molar-refractivity contribution < 1.29 is 54.6 Å². The smallest absolute Gasteiger partial charge is 0.438 e. The predicted molar refractivity (Wildman–Crippen MR) is 189 cm³/mol. The Hall–Kier alpha value is -4.35. The SMILES string of the molecule is CC(C)(C)OC(=O)C[C@H]1CCCCC/C=C\[C@@H]2C[C@@]2(C(=O)NS(=O)(=O)C2(C)CC2)NC(=O)[C@@H]2C[C@@H](Oc3nc4cc(F)ccc4nc3C(F)(F)F)CN2C1=O. The van der Waals surface area contributed by atoms with Crippen molar-refractivity contribution in [2.24, 2.45) is 11.8 Å². The van der Waals surface area contributed by atoms with Crippen LogP contribution < -0.4 is 14.8 Å². The van der Waals surface area contributed by atoms with Gasteiger partial charge in [0, 0.05) is 24.3 Å². The van der Waals surface area contributed by atoms with Crippen LogP contribution in [0.1, 0.15) is 97.6 Å². The normalized spacial score (nSPS) is 27.8. The number of fused-ring (bicyclic) bond motifs is 3. The molecule has 1 saturated heterocycles.